The number of carbonyl (C=O) groups excluding carboxylic acids is 1. The van der Waals surface area contributed by atoms with Crippen molar-refractivity contribution in [3.8, 4) is 0 Å². The highest BCUT2D eigenvalue weighted by Gasteiger charge is 2.31. The van der Waals surface area contributed by atoms with Crippen LogP contribution in [0.5, 0.6) is 0 Å². The third kappa shape index (κ3) is 4.35. The van der Waals surface area contributed by atoms with E-state index in [1.165, 1.54) is 24.3 Å². The number of para-hydroxylation sites is 2. The molecule has 170 valence electrons. The van der Waals surface area contributed by atoms with Crippen LogP contribution in [0.25, 0.3) is 11.1 Å². The first-order valence-electron chi connectivity index (χ1n) is 10.5. The van der Waals surface area contributed by atoms with Gasteiger partial charge >= 0.3 is 6.01 Å². The molecule has 7 nitrogen and oxygen atoms in total. The number of amides is 1. The number of anilines is 2. The fraction of sp³-hybridized carbons (Fsp3) is 0.0800. The van der Waals surface area contributed by atoms with Crippen molar-refractivity contribution >= 4 is 46.3 Å². The lowest BCUT2D eigenvalue weighted by Gasteiger charge is -2.27. The summed E-state index contributed by atoms with van der Waals surface area (Å²) < 4.78 is 19.0. The first-order valence-corrected chi connectivity index (χ1v) is 10.9. The maximum Gasteiger partial charge on any atom is 0.302 e. The van der Waals surface area contributed by atoms with E-state index in [-0.39, 0.29) is 17.7 Å². The van der Waals surface area contributed by atoms with Gasteiger partial charge in [-0.2, -0.15) is 4.98 Å². The lowest BCUT2D eigenvalue weighted by molar-refractivity contribution is -0.113. The molecule has 0 saturated heterocycles. The maximum atomic E-state index is 13.3. The van der Waals surface area contributed by atoms with Crippen LogP contribution in [0.15, 0.2) is 93.5 Å². The van der Waals surface area contributed by atoms with Crippen molar-refractivity contribution in [2.75, 3.05) is 10.6 Å². The Morgan fingerprint density at radius 1 is 1.06 bits per heavy atom. The zero-order chi connectivity index (χ0) is 23.7. The van der Waals surface area contributed by atoms with E-state index in [0.29, 0.717) is 44.6 Å². The smallest absolute Gasteiger partial charge is 0.302 e. The minimum atomic E-state index is -0.706. The summed E-state index contributed by atoms with van der Waals surface area (Å²) in [5, 5.41) is 9.43. The van der Waals surface area contributed by atoms with Gasteiger partial charge in [0.2, 0.25) is 5.96 Å². The molecule has 9 heteroatoms. The Balaban J connectivity index is 1.49. The number of oxazole rings is 1. The average Bonchev–Trinajstić information content (AvgIpc) is 3.22. The number of benzene rings is 3. The normalized spacial score (nSPS) is 15.6. The number of aliphatic imine (C=N–C) groups is 1. The van der Waals surface area contributed by atoms with Gasteiger partial charge in [-0.15, -0.1) is 0 Å². The molecule has 34 heavy (non-hydrogen) atoms. The van der Waals surface area contributed by atoms with E-state index >= 15 is 0 Å². The number of fused-ring (bicyclic) bond motifs is 1. The number of hydrogen-bond donors (Lipinski definition) is 3. The Kier molecular flexibility index (Phi) is 5.73. The van der Waals surface area contributed by atoms with Crippen molar-refractivity contribution in [2.24, 2.45) is 4.99 Å². The molecule has 0 aliphatic carbocycles. The second kappa shape index (κ2) is 8.99. The quantitative estimate of drug-likeness (QED) is 0.355. The fourth-order valence-electron chi connectivity index (χ4n) is 3.71. The van der Waals surface area contributed by atoms with Crippen molar-refractivity contribution in [2.45, 2.75) is 13.0 Å². The molecular formula is C25H19ClFN5O2. The molecule has 1 amide bonds. The SMILES string of the molecule is CC1=C(C(=O)Nc2ccc(F)cc2)C(c2ccccc2Cl)N=C(Nc2nc3ccccc3o2)N1. The Morgan fingerprint density at radius 2 is 1.79 bits per heavy atom. The van der Waals surface area contributed by atoms with Crippen LogP contribution >= 0.6 is 11.6 Å². The molecule has 4 aromatic rings. The van der Waals surface area contributed by atoms with Crippen LogP contribution in [-0.2, 0) is 4.79 Å². The second-order valence-electron chi connectivity index (χ2n) is 7.64. The number of nitrogens with zero attached hydrogens (tertiary/aromatic N) is 2. The molecule has 0 saturated carbocycles. The third-order valence-corrected chi connectivity index (χ3v) is 5.65. The fourth-order valence-corrected chi connectivity index (χ4v) is 3.95. The number of guanidine groups is 1. The minimum absolute atomic E-state index is 0.261. The Labute approximate surface area is 199 Å². The summed E-state index contributed by atoms with van der Waals surface area (Å²) in [6, 6.07) is 19.7. The largest absolute Gasteiger partial charge is 0.423 e. The predicted octanol–water partition coefficient (Wildman–Crippen LogP) is 5.65. The van der Waals surface area contributed by atoms with Crippen molar-refractivity contribution in [3.63, 3.8) is 0 Å². The monoisotopic (exact) mass is 475 g/mol. The zero-order valence-corrected chi connectivity index (χ0v) is 18.7. The van der Waals surface area contributed by atoms with Gasteiger partial charge in [-0.25, -0.2) is 9.38 Å². The Bertz CT molecular complexity index is 1410. The van der Waals surface area contributed by atoms with Crippen LogP contribution in [0, 0.1) is 5.82 Å². The summed E-state index contributed by atoms with van der Waals surface area (Å²) in [7, 11) is 0. The van der Waals surface area contributed by atoms with Gasteiger partial charge in [0.1, 0.15) is 17.4 Å². The molecule has 0 bridgehead atoms. The van der Waals surface area contributed by atoms with E-state index in [1.54, 1.807) is 13.0 Å². The molecule has 1 aliphatic rings. The zero-order valence-electron chi connectivity index (χ0n) is 18.0. The van der Waals surface area contributed by atoms with Crippen LogP contribution in [0.1, 0.15) is 18.5 Å². The molecule has 1 unspecified atom stereocenters. The van der Waals surface area contributed by atoms with Gasteiger partial charge < -0.3 is 15.1 Å². The number of nitrogens with one attached hydrogen (secondary N) is 3. The van der Waals surface area contributed by atoms with Crippen molar-refractivity contribution < 1.29 is 13.6 Å². The number of allylic oxidation sites excluding steroid dienone is 1. The third-order valence-electron chi connectivity index (χ3n) is 5.31. The van der Waals surface area contributed by atoms with E-state index < -0.39 is 6.04 Å². The number of hydrogen-bond acceptors (Lipinski definition) is 6. The molecule has 5 rings (SSSR count). The Hall–Kier alpha value is -4.17. The van der Waals surface area contributed by atoms with E-state index in [0.717, 1.165) is 0 Å². The van der Waals surface area contributed by atoms with Gasteiger partial charge in [0.25, 0.3) is 5.91 Å². The second-order valence-corrected chi connectivity index (χ2v) is 8.05. The number of halogens is 2. The molecule has 2 heterocycles. The van der Waals surface area contributed by atoms with Crippen LogP contribution in [-0.4, -0.2) is 16.9 Å². The highest BCUT2D eigenvalue weighted by Crippen LogP contribution is 2.35. The van der Waals surface area contributed by atoms with Crippen LogP contribution in [0.2, 0.25) is 5.02 Å². The molecule has 0 fully saturated rings. The lowest BCUT2D eigenvalue weighted by Crippen LogP contribution is -2.37. The maximum absolute atomic E-state index is 13.3. The highest BCUT2D eigenvalue weighted by molar-refractivity contribution is 6.31. The molecule has 1 atom stereocenters. The van der Waals surface area contributed by atoms with E-state index in [4.69, 9.17) is 21.0 Å². The van der Waals surface area contributed by atoms with E-state index in [2.05, 4.69) is 20.9 Å². The lowest BCUT2D eigenvalue weighted by atomic mass is 9.95. The van der Waals surface area contributed by atoms with Crippen molar-refractivity contribution in [1.29, 1.82) is 0 Å². The predicted molar refractivity (Wildman–Crippen MR) is 130 cm³/mol. The van der Waals surface area contributed by atoms with E-state index in [9.17, 15) is 9.18 Å². The highest BCUT2D eigenvalue weighted by atomic mass is 35.5. The van der Waals surface area contributed by atoms with Gasteiger partial charge in [-0.3, -0.25) is 10.1 Å². The average molecular weight is 476 g/mol. The molecule has 3 N–H and O–H groups in total. The van der Waals surface area contributed by atoms with Crippen molar-refractivity contribution in [3.05, 3.63) is 100 Å². The minimum Gasteiger partial charge on any atom is -0.423 e. The summed E-state index contributed by atoms with van der Waals surface area (Å²) >= 11 is 6.48. The number of carbonyl (C=O) groups is 1. The molecule has 0 spiro atoms. The van der Waals surface area contributed by atoms with E-state index in [1.807, 2.05) is 42.5 Å². The number of aromatic nitrogens is 1. The van der Waals surface area contributed by atoms with Gasteiger partial charge in [0, 0.05) is 22.0 Å². The summed E-state index contributed by atoms with van der Waals surface area (Å²) in [4.78, 5) is 22.4. The summed E-state index contributed by atoms with van der Waals surface area (Å²) in [5.74, 6) is -0.417. The first kappa shape index (κ1) is 21.7. The Morgan fingerprint density at radius 3 is 2.56 bits per heavy atom. The van der Waals surface area contributed by atoms with Crippen molar-refractivity contribution in [1.82, 2.24) is 10.3 Å². The topological polar surface area (TPSA) is 91.5 Å². The number of rotatable bonds is 4. The molecule has 1 aromatic heterocycles. The summed E-state index contributed by atoms with van der Waals surface area (Å²) in [6.07, 6.45) is 0. The van der Waals surface area contributed by atoms with Gasteiger partial charge in [-0.1, -0.05) is 41.9 Å². The van der Waals surface area contributed by atoms with Crippen LogP contribution in [0.4, 0.5) is 16.1 Å². The molecule has 1 aliphatic heterocycles. The van der Waals surface area contributed by atoms with Gasteiger partial charge in [0.15, 0.2) is 5.58 Å². The van der Waals surface area contributed by atoms with Gasteiger partial charge in [0.05, 0.1) is 5.57 Å². The summed E-state index contributed by atoms with van der Waals surface area (Å²) in [5.41, 5.74) is 3.40. The molecule has 3 aromatic carbocycles. The first-order chi connectivity index (χ1) is 16.5. The van der Waals surface area contributed by atoms with Crippen LogP contribution < -0.4 is 16.0 Å². The standard InChI is InChI=1S/C25H19ClFN5O2/c1-14-21(23(33)29-16-12-10-15(27)11-13-16)22(17-6-2-3-7-18(17)26)31-24(28-14)32-25-30-19-8-4-5-9-20(19)34-25/h2-13,22H,1H3,(H,29,33)(H2,28,30,31,32). The summed E-state index contributed by atoms with van der Waals surface area (Å²) in [6.45, 7) is 1.77. The van der Waals surface area contributed by atoms with Gasteiger partial charge in [-0.05, 0) is 49.4 Å². The molecular weight excluding hydrogens is 457 g/mol. The molecule has 0 radical (unpaired) electrons. The van der Waals surface area contributed by atoms with Crippen LogP contribution in [0.3, 0.4) is 0 Å².